The van der Waals surface area contributed by atoms with Crippen LogP contribution in [0.1, 0.15) is 41.5 Å². The summed E-state index contributed by atoms with van der Waals surface area (Å²) in [6, 6.07) is 10.3. The standard InChI is InChI=1S/C22H25BrClNO/c1-16-17(7-6-8-20(16)23)9-10-18-14-22(26-2)19(13-21(18)24)15-25-11-4-3-5-12-25/h6-10,13-14H,3-5,11-12,15H2,1-2H3/b10-9+. The largest absolute Gasteiger partial charge is 0.496 e. The van der Waals surface area contributed by atoms with Gasteiger partial charge in [-0.05, 0) is 67.7 Å². The van der Waals surface area contributed by atoms with Gasteiger partial charge < -0.3 is 4.74 Å². The Morgan fingerprint density at radius 3 is 2.58 bits per heavy atom. The van der Waals surface area contributed by atoms with Crippen LogP contribution in [0.3, 0.4) is 0 Å². The van der Waals surface area contributed by atoms with Gasteiger partial charge in [-0.15, -0.1) is 0 Å². The second kappa shape index (κ2) is 9.07. The molecule has 0 radical (unpaired) electrons. The highest BCUT2D eigenvalue weighted by molar-refractivity contribution is 9.10. The molecule has 1 saturated heterocycles. The van der Waals surface area contributed by atoms with Gasteiger partial charge in [-0.3, -0.25) is 4.90 Å². The number of benzene rings is 2. The molecule has 0 amide bonds. The maximum Gasteiger partial charge on any atom is 0.124 e. The van der Waals surface area contributed by atoms with E-state index in [1.807, 2.05) is 12.1 Å². The predicted molar refractivity (Wildman–Crippen MR) is 115 cm³/mol. The molecule has 1 fully saturated rings. The molecule has 0 unspecified atom stereocenters. The Morgan fingerprint density at radius 1 is 1.12 bits per heavy atom. The van der Waals surface area contributed by atoms with Crippen LogP contribution < -0.4 is 4.74 Å². The average molecular weight is 435 g/mol. The zero-order chi connectivity index (χ0) is 18.5. The number of methoxy groups -OCH3 is 1. The third-order valence-corrected chi connectivity index (χ3v) is 6.18. The Kier molecular flexibility index (Phi) is 6.80. The second-order valence-electron chi connectivity index (χ2n) is 6.81. The summed E-state index contributed by atoms with van der Waals surface area (Å²) in [5, 5.41) is 0.765. The fourth-order valence-corrected chi connectivity index (χ4v) is 4.03. The van der Waals surface area contributed by atoms with Crippen molar-refractivity contribution in [3.05, 3.63) is 62.1 Å². The Morgan fingerprint density at radius 2 is 1.85 bits per heavy atom. The van der Waals surface area contributed by atoms with Crippen molar-refractivity contribution in [2.45, 2.75) is 32.7 Å². The molecule has 138 valence electrons. The Labute approximate surface area is 169 Å². The third kappa shape index (κ3) is 4.70. The smallest absolute Gasteiger partial charge is 0.124 e. The van der Waals surface area contributed by atoms with Gasteiger partial charge >= 0.3 is 0 Å². The van der Waals surface area contributed by atoms with E-state index < -0.39 is 0 Å². The van der Waals surface area contributed by atoms with E-state index in [0.717, 1.165) is 46.0 Å². The van der Waals surface area contributed by atoms with Gasteiger partial charge in [0, 0.05) is 21.6 Å². The summed E-state index contributed by atoms with van der Waals surface area (Å²) in [5.74, 6) is 0.908. The minimum atomic E-state index is 0.765. The summed E-state index contributed by atoms with van der Waals surface area (Å²) >= 11 is 10.2. The van der Waals surface area contributed by atoms with Crippen molar-refractivity contribution in [2.75, 3.05) is 20.2 Å². The van der Waals surface area contributed by atoms with Crippen molar-refractivity contribution in [2.24, 2.45) is 0 Å². The summed E-state index contributed by atoms with van der Waals surface area (Å²) in [4.78, 5) is 2.48. The number of rotatable bonds is 5. The van der Waals surface area contributed by atoms with E-state index in [2.05, 4.69) is 58.1 Å². The maximum absolute atomic E-state index is 6.58. The molecule has 0 aromatic heterocycles. The molecule has 3 rings (SSSR count). The highest BCUT2D eigenvalue weighted by Gasteiger charge is 2.14. The molecular weight excluding hydrogens is 410 g/mol. The molecule has 0 bridgehead atoms. The van der Waals surface area contributed by atoms with E-state index in [-0.39, 0.29) is 0 Å². The molecule has 0 N–H and O–H groups in total. The van der Waals surface area contributed by atoms with E-state index in [1.165, 1.54) is 30.4 Å². The lowest BCUT2D eigenvalue weighted by molar-refractivity contribution is 0.218. The van der Waals surface area contributed by atoms with E-state index in [0.29, 0.717) is 0 Å². The molecule has 2 aromatic rings. The normalized spacial score (nSPS) is 15.5. The van der Waals surface area contributed by atoms with Gasteiger partial charge in [0.1, 0.15) is 5.75 Å². The van der Waals surface area contributed by atoms with Crippen molar-refractivity contribution < 1.29 is 4.74 Å². The predicted octanol–water partition coefficient (Wildman–Crippen LogP) is 6.58. The number of halogens is 2. The van der Waals surface area contributed by atoms with Crippen molar-refractivity contribution in [1.29, 1.82) is 0 Å². The molecule has 1 heterocycles. The first-order valence-electron chi connectivity index (χ1n) is 9.10. The zero-order valence-corrected chi connectivity index (χ0v) is 17.7. The summed E-state index contributed by atoms with van der Waals surface area (Å²) < 4.78 is 6.76. The molecule has 2 aromatic carbocycles. The second-order valence-corrected chi connectivity index (χ2v) is 8.07. The van der Waals surface area contributed by atoms with Crippen LogP contribution in [0.25, 0.3) is 12.2 Å². The summed E-state index contributed by atoms with van der Waals surface area (Å²) in [7, 11) is 1.73. The van der Waals surface area contributed by atoms with Gasteiger partial charge in [0.05, 0.1) is 7.11 Å². The van der Waals surface area contributed by atoms with Gasteiger partial charge in [0.2, 0.25) is 0 Å². The molecule has 0 aliphatic carbocycles. The lowest BCUT2D eigenvalue weighted by Gasteiger charge is -2.27. The number of ether oxygens (including phenoxy) is 1. The number of nitrogens with zero attached hydrogens (tertiary/aromatic N) is 1. The van der Waals surface area contributed by atoms with E-state index in [9.17, 15) is 0 Å². The van der Waals surface area contributed by atoms with E-state index >= 15 is 0 Å². The van der Waals surface area contributed by atoms with E-state index in [4.69, 9.17) is 16.3 Å². The summed E-state index contributed by atoms with van der Waals surface area (Å²) in [6.07, 6.45) is 8.06. The van der Waals surface area contributed by atoms with Crippen LogP contribution in [0.15, 0.2) is 34.8 Å². The van der Waals surface area contributed by atoms with Gasteiger partial charge in [-0.2, -0.15) is 0 Å². The highest BCUT2D eigenvalue weighted by Crippen LogP contribution is 2.31. The average Bonchev–Trinajstić information content (AvgIpc) is 2.65. The highest BCUT2D eigenvalue weighted by atomic mass is 79.9. The summed E-state index contributed by atoms with van der Waals surface area (Å²) in [5.41, 5.74) is 4.53. The van der Waals surface area contributed by atoms with Crippen molar-refractivity contribution in [1.82, 2.24) is 4.90 Å². The SMILES string of the molecule is COc1cc(/C=C/c2cccc(Br)c2C)c(Cl)cc1CN1CCCCC1. The first kappa shape index (κ1) is 19.5. The minimum Gasteiger partial charge on any atom is -0.496 e. The topological polar surface area (TPSA) is 12.5 Å². The Balaban J connectivity index is 1.84. The fraction of sp³-hybridized carbons (Fsp3) is 0.364. The van der Waals surface area contributed by atoms with Crippen molar-refractivity contribution >= 4 is 39.7 Å². The molecule has 0 atom stereocenters. The molecule has 1 aliphatic heterocycles. The number of hydrogen-bond acceptors (Lipinski definition) is 2. The fourth-order valence-electron chi connectivity index (χ4n) is 3.39. The van der Waals surface area contributed by atoms with Crippen LogP contribution in [-0.4, -0.2) is 25.1 Å². The van der Waals surface area contributed by atoms with Crippen LogP contribution in [-0.2, 0) is 6.54 Å². The lowest BCUT2D eigenvalue weighted by atomic mass is 10.0. The molecule has 0 spiro atoms. The Hall–Kier alpha value is -1.29. The molecule has 2 nitrogen and oxygen atoms in total. The van der Waals surface area contributed by atoms with Crippen LogP contribution in [0.4, 0.5) is 0 Å². The lowest BCUT2D eigenvalue weighted by Crippen LogP contribution is -2.29. The van der Waals surface area contributed by atoms with Gasteiger partial charge in [-0.25, -0.2) is 0 Å². The van der Waals surface area contributed by atoms with Crippen LogP contribution in [0.5, 0.6) is 5.75 Å². The third-order valence-electron chi connectivity index (χ3n) is 4.99. The first-order chi connectivity index (χ1) is 12.6. The molecular formula is C22H25BrClNO. The molecule has 26 heavy (non-hydrogen) atoms. The van der Waals surface area contributed by atoms with Gasteiger partial charge in [0.25, 0.3) is 0 Å². The van der Waals surface area contributed by atoms with Crippen LogP contribution in [0, 0.1) is 6.92 Å². The number of likely N-dealkylation sites (tertiary alicyclic amines) is 1. The Bertz CT molecular complexity index is 797. The van der Waals surface area contributed by atoms with Crippen LogP contribution >= 0.6 is 27.5 Å². The molecule has 0 saturated carbocycles. The van der Waals surface area contributed by atoms with Gasteiger partial charge in [-0.1, -0.05) is 58.2 Å². The number of piperidine rings is 1. The zero-order valence-electron chi connectivity index (χ0n) is 15.4. The van der Waals surface area contributed by atoms with Crippen molar-refractivity contribution in [3.63, 3.8) is 0 Å². The molecule has 1 aliphatic rings. The summed E-state index contributed by atoms with van der Waals surface area (Å²) in [6.45, 7) is 5.32. The minimum absolute atomic E-state index is 0.765. The van der Waals surface area contributed by atoms with Crippen molar-refractivity contribution in [3.8, 4) is 5.75 Å². The quantitative estimate of drug-likeness (QED) is 0.493. The van der Waals surface area contributed by atoms with Crippen LogP contribution in [0.2, 0.25) is 5.02 Å². The first-order valence-corrected chi connectivity index (χ1v) is 10.3. The van der Waals surface area contributed by atoms with Gasteiger partial charge in [0.15, 0.2) is 0 Å². The monoisotopic (exact) mass is 433 g/mol. The molecule has 4 heteroatoms. The maximum atomic E-state index is 6.58. The number of hydrogen-bond donors (Lipinski definition) is 0. The van der Waals surface area contributed by atoms with E-state index in [1.54, 1.807) is 7.11 Å².